The second kappa shape index (κ2) is 10.1. The average Bonchev–Trinajstić information content (AvgIpc) is 2.25. The quantitative estimate of drug-likeness (QED) is 0.400. The summed E-state index contributed by atoms with van der Waals surface area (Å²) in [4.78, 5) is 10.8. The van der Waals surface area contributed by atoms with Crippen molar-refractivity contribution >= 4 is 21.9 Å². The molecule has 0 amide bonds. The molecular formula is C11H22BrNO3. The van der Waals surface area contributed by atoms with Gasteiger partial charge in [0.1, 0.15) is 4.83 Å². The molecule has 0 aliphatic rings. The molecule has 0 heterocycles. The highest BCUT2D eigenvalue weighted by atomic mass is 79.9. The first-order chi connectivity index (χ1) is 7.57. The van der Waals surface area contributed by atoms with Crippen LogP contribution in [0.5, 0.6) is 0 Å². The van der Waals surface area contributed by atoms with E-state index in [-0.39, 0.29) is 10.8 Å². The van der Waals surface area contributed by atoms with Crippen molar-refractivity contribution in [1.82, 2.24) is 5.32 Å². The number of alkyl halides is 1. The maximum atomic E-state index is 11.0. The molecule has 1 unspecified atom stereocenters. The monoisotopic (exact) mass is 295 g/mol. The summed E-state index contributed by atoms with van der Waals surface area (Å²) < 4.78 is 10.0. The first-order valence-corrected chi connectivity index (χ1v) is 6.53. The highest BCUT2D eigenvalue weighted by Crippen LogP contribution is 2.00. The second-order valence-electron chi connectivity index (χ2n) is 3.82. The van der Waals surface area contributed by atoms with E-state index < -0.39 is 0 Å². The molecule has 0 saturated carbocycles. The van der Waals surface area contributed by atoms with Crippen LogP contribution in [0, 0.1) is 0 Å². The fourth-order valence-corrected chi connectivity index (χ4v) is 1.53. The van der Waals surface area contributed by atoms with Gasteiger partial charge in [0.15, 0.2) is 0 Å². The van der Waals surface area contributed by atoms with E-state index in [2.05, 4.69) is 26.0 Å². The van der Waals surface area contributed by atoms with Crippen LogP contribution in [-0.2, 0) is 14.3 Å². The van der Waals surface area contributed by atoms with Gasteiger partial charge in [-0.2, -0.15) is 0 Å². The van der Waals surface area contributed by atoms with Crippen molar-refractivity contribution < 1.29 is 14.3 Å². The smallest absolute Gasteiger partial charge is 0.320 e. The molecule has 4 nitrogen and oxygen atoms in total. The third kappa shape index (κ3) is 9.12. The lowest BCUT2D eigenvalue weighted by Crippen LogP contribution is -2.30. The normalized spacial score (nSPS) is 12.8. The van der Waals surface area contributed by atoms with Gasteiger partial charge >= 0.3 is 5.97 Å². The van der Waals surface area contributed by atoms with Crippen molar-refractivity contribution in [1.29, 1.82) is 0 Å². The zero-order valence-corrected chi connectivity index (χ0v) is 11.9. The van der Waals surface area contributed by atoms with Gasteiger partial charge in [-0.1, -0.05) is 15.9 Å². The summed E-state index contributed by atoms with van der Waals surface area (Å²) in [6.07, 6.45) is 2.39. The second-order valence-corrected chi connectivity index (χ2v) is 4.93. The highest BCUT2D eigenvalue weighted by Gasteiger charge is 2.13. The summed E-state index contributed by atoms with van der Waals surface area (Å²) >= 11 is 3.24. The molecular weight excluding hydrogens is 274 g/mol. The van der Waals surface area contributed by atoms with Gasteiger partial charge in [-0.05, 0) is 33.2 Å². The molecule has 0 bridgehead atoms. The van der Waals surface area contributed by atoms with Crippen molar-refractivity contribution in [3.63, 3.8) is 0 Å². The zero-order chi connectivity index (χ0) is 12.4. The molecule has 0 spiro atoms. The van der Waals surface area contributed by atoms with Gasteiger partial charge in [0.05, 0.1) is 13.2 Å². The Labute approximate surface area is 106 Å². The highest BCUT2D eigenvalue weighted by molar-refractivity contribution is 9.10. The van der Waals surface area contributed by atoms with Crippen molar-refractivity contribution in [3.05, 3.63) is 0 Å². The number of ether oxygens (including phenoxy) is 2. The lowest BCUT2D eigenvalue weighted by atomic mass is 10.3. The standard InChI is InChI=1S/C11H22BrNO3/c1-9(2)16-7-5-4-6-13-8-10(12)11(14)15-3/h9-10,13H,4-8H2,1-3H3. The molecule has 0 saturated heterocycles. The molecule has 0 aliphatic heterocycles. The minimum absolute atomic E-state index is 0.240. The molecule has 0 rings (SSSR count). The lowest BCUT2D eigenvalue weighted by molar-refractivity contribution is -0.139. The van der Waals surface area contributed by atoms with Crippen LogP contribution in [0.2, 0.25) is 0 Å². The Morgan fingerprint density at radius 2 is 2.06 bits per heavy atom. The first kappa shape index (κ1) is 15.9. The maximum Gasteiger partial charge on any atom is 0.320 e. The van der Waals surface area contributed by atoms with E-state index in [0.717, 1.165) is 26.0 Å². The Morgan fingerprint density at radius 3 is 2.62 bits per heavy atom. The number of unbranched alkanes of at least 4 members (excludes halogenated alkanes) is 1. The molecule has 96 valence electrons. The number of carbonyl (C=O) groups is 1. The minimum Gasteiger partial charge on any atom is -0.468 e. The SMILES string of the molecule is COC(=O)C(Br)CNCCCCOC(C)C. The van der Waals surface area contributed by atoms with Gasteiger partial charge in [-0.3, -0.25) is 4.79 Å². The lowest BCUT2D eigenvalue weighted by Gasteiger charge is -2.09. The number of hydrogen-bond acceptors (Lipinski definition) is 4. The van der Waals surface area contributed by atoms with Crippen LogP contribution in [0.15, 0.2) is 0 Å². The van der Waals surface area contributed by atoms with Crippen molar-refractivity contribution in [3.8, 4) is 0 Å². The number of methoxy groups -OCH3 is 1. The van der Waals surface area contributed by atoms with Gasteiger partial charge in [0, 0.05) is 13.2 Å². The van der Waals surface area contributed by atoms with Gasteiger partial charge in [0.2, 0.25) is 0 Å². The van der Waals surface area contributed by atoms with Gasteiger partial charge in [0.25, 0.3) is 0 Å². The predicted molar refractivity (Wildman–Crippen MR) is 67.9 cm³/mol. The third-order valence-corrected chi connectivity index (χ3v) is 2.68. The molecule has 5 heteroatoms. The van der Waals surface area contributed by atoms with Gasteiger partial charge in [-0.15, -0.1) is 0 Å². The number of esters is 1. The molecule has 1 atom stereocenters. The molecule has 0 aromatic heterocycles. The Morgan fingerprint density at radius 1 is 1.38 bits per heavy atom. The number of nitrogens with one attached hydrogen (secondary N) is 1. The van der Waals surface area contributed by atoms with Crippen LogP contribution in [-0.4, -0.2) is 43.7 Å². The number of carbonyl (C=O) groups excluding carboxylic acids is 1. The maximum absolute atomic E-state index is 11.0. The largest absolute Gasteiger partial charge is 0.468 e. The molecule has 0 fully saturated rings. The van der Waals surface area contributed by atoms with Crippen molar-refractivity contribution in [2.45, 2.75) is 37.6 Å². The Bertz CT molecular complexity index is 188. The summed E-state index contributed by atoms with van der Waals surface area (Å²) in [5, 5.41) is 3.19. The summed E-state index contributed by atoms with van der Waals surface area (Å²) in [7, 11) is 1.39. The van der Waals surface area contributed by atoms with Crippen LogP contribution in [0.4, 0.5) is 0 Å². The number of hydrogen-bond donors (Lipinski definition) is 1. The predicted octanol–water partition coefficient (Wildman–Crippen LogP) is 1.72. The molecule has 0 aliphatic carbocycles. The van der Waals surface area contributed by atoms with Crippen LogP contribution in [0.1, 0.15) is 26.7 Å². The van der Waals surface area contributed by atoms with Crippen LogP contribution in [0.3, 0.4) is 0 Å². The number of halogens is 1. The fourth-order valence-electron chi connectivity index (χ4n) is 1.11. The molecule has 0 radical (unpaired) electrons. The van der Waals surface area contributed by atoms with Crippen LogP contribution in [0.25, 0.3) is 0 Å². The summed E-state index contributed by atoms with van der Waals surface area (Å²) in [6.45, 7) is 6.35. The summed E-state index contributed by atoms with van der Waals surface area (Å²) in [5.74, 6) is -0.240. The molecule has 16 heavy (non-hydrogen) atoms. The Balaban J connectivity index is 3.24. The van der Waals surface area contributed by atoms with E-state index in [9.17, 15) is 4.79 Å². The summed E-state index contributed by atoms with van der Waals surface area (Å²) in [6, 6.07) is 0. The fraction of sp³-hybridized carbons (Fsp3) is 0.909. The van der Waals surface area contributed by atoms with Gasteiger partial charge < -0.3 is 14.8 Å². The average molecular weight is 296 g/mol. The first-order valence-electron chi connectivity index (χ1n) is 5.62. The minimum atomic E-state index is -0.260. The van der Waals surface area contributed by atoms with Crippen molar-refractivity contribution in [2.24, 2.45) is 0 Å². The van der Waals surface area contributed by atoms with Crippen molar-refractivity contribution in [2.75, 3.05) is 26.8 Å². The van der Waals surface area contributed by atoms with E-state index in [0.29, 0.717) is 12.6 Å². The van der Waals surface area contributed by atoms with E-state index in [4.69, 9.17) is 4.74 Å². The topological polar surface area (TPSA) is 47.6 Å². The Kier molecular flexibility index (Phi) is 9.97. The van der Waals surface area contributed by atoms with E-state index in [1.54, 1.807) is 0 Å². The Hall–Kier alpha value is -0.130. The molecule has 1 N–H and O–H groups in total. The summed E-state index contributed by atoms with van der Waals surface area (Å²) in [5.41, 5.74) is 0. The van der Waals surface area contributed by atoms with Gasteiger partial charge in [-0.25, -0.2) is 0 Å². The van der Waals surface area contributed by atoms with Crippen LogP contribution >= 0.6 is 15.9 Å². The van der Waals surface area contributed by atoms with E-state index in [1.807, 2.05) is 13.8 Å². The number of rotatable bonds is 9. The molecule has 0 aromatic rings. The third-order valence-electron chi connectivity index (χ3n) is 1.98. The zero-order valence-electron chi connectivity index (χ0n) is 10.3. The van der Waals surface area contributed by atoms with E-state index >= 15 is 0 Å². The molecule has 0 aromatic carbocycles. The van der Waals surface area contributed by atoms with E-state index in [1.165, 1.54) is 7.11 Å². The van der Waals surface area contributed by atoms with Crippen LogP contribution < -0.4 is 5.32 Å².